The molecule has 0 aliphatic heterocycles. The summed E-state index contributed by atoms with van der Waals surface area (Å²) in [6, 6.07) is 1.13. The first kappa shape index (κ1) is 19.5. The molecule has 126 valence electrons. The van der Waals surface area contributed by atoms with Gasteiger partial charge >= 0.3 is 17.9 Å². The SMILES string of the molecule is CCCCCOC(=O)c1c(Cl)c(Cl)cc(Cl)c1OC(=O)C(=O)O. The van der Waals surface area contributed by atoms with Crippen LogP contribution in [0.15, 0.2) is 6.07 Å². The lowest BCUT2D eigenvalue weighted by Gasteiger charge is -2.13. The van der Waals surface area contributed by atoms with E-state index in [9.17, 15) is 14.4 Å². The molecule has 0 heterocycles. The Labute approximate surface area is 147 Å². The molecule has 23 heavy (non-hydrogen) atoms. The maximum absolute atomic E-state index is 12.1. The number of unbranched alkanes of at least 4 members (excludes halogenated alkanes) is 2. The largest absolute Gasteiger partial charge is 0.473 e. The van der Waals surface area contributed by atoms with E-state index < -0.39 is 29.2 Å². The lowest BCUT2D eigenvalue weighted by molar-refractivity contribution is -0.158. The van der Waals surface area contributed by atoms with Crippen LogP contribution in [-0.4, -0.2) is 29.6 Å². The number of hydrogen-bond acceptors (Lipinski definition) is 5. The number of esters is 2. The van der Waals surface area contributed by atoms with Gasteiger partial charge in [0.1, 0.15) is 5.56 Å². The van der Waals surface area contributed by atoms with Gasteiger partial charge in [-0.05, 0) is 12.5 Å². The van der Waals surface area contributed by atoms with Crippen LogP contribution in [-0.2, 0) is 14.3 Å². The highest BCUT2D eigenvalue weighted by atomic mass is 35.5. The zero-order valence-corrected chi connectivity index (χ0v) is 14.3. The van der Waals surface area contributed by atoms with E-state index in [4.69, 9.17) is 44.6 Å². The molecule has 0 fully saturated rings. The number of rotatable bonds is 6. The van der Waals surface area contributed by atoms with E-state index in [1.807, 2.05) is 6.92 Å². The van der Waals surface area contributed by atoms with Gasteiger partial charge in [-0.15, -0.1) is 0 Å². The maximum Gasteiger partial charge on any atom is 0.422 e. The molecule has 0 aliphatic rings. The van der Waals surface area contributed by atoms with Crippen LogP contribution < -0.4 is 4.74 Å². The molecule has 0 atom stereocenters. The van der Waals surface area contributed by atoms with Crippen LogP contribution in [0.5, 0.6) is 5.75 Å². The Morgan fingerprint density at radius 1 is 1.13 bits per heavy atom. The van der Waals surface area contributed by atoms with Crippen LogP contribution in [0.25, 0.3) is 0 Å². The summed E-state index contributed by atoms with van der Waals surface area (Å²) >= 11 is 17.6. The van der Waals surface area contributed by atoms with Crippen LogP contribution >= 0.6 is 34.8 Å². The molecule has 0 saturated carbocycles. The highest BCUT2D eigenvalue weighted by Crippen LogP contribution is 2.39. The lowest BCUT2D eigenvalue weighted by Crippen LogP contribution is -2.21. The molecule has 0 unspecified atom stereocenters. The summed E-state index contributed by atoms with van der Waals surface area (Å²) in [6.07, 6.45) is 2.43. The molecule has 6 nitrogen and oxygen atoms in total. The molecule has 9 heteroatoms. The van der Waals surface area contributed by atoms with Crippen molar-refractivity contribution < 1.29 is 29.0 Å². The Morgan fingerprint density at radius 2 is 1.78 bits per heavy atom. The van der Waals surface area contributed by atoms with Crippen molar-refractivity contribution >= 4 is 52.7 Å². The van der Waals surface area contributed by atoms with Crippen LogP contribution in [0.2, 0.25) is 15.1 Å². The van der Waals surface area contributed by atoms with Gasteiger partial charge in [0.2, 0.25) is 0 Å². The number of aliphatic carboxylic acids is 1. The van der Waals surface area contributed by atoms with E-state index in [0.717, 1.165) is 18.9 Å². The Balaban J connectivity index is 3.14. The van der Waals surface area contributed by atoms with Crippen molar-refractivity contribution in [2.75, 3.05) is 6.61 Å². The first-order chi connectivity index (χ1) is 10.8. The molecule has 1 aromatic carbocycles. The second-order valence-corrected chi connectivity index (χ2v) is 5.59. The monoisotopic (exact) mass is 382 g/mol. The van der Waals surface area contributed by atoms with Crippen molar-refractivity contribution in [1.82, 2.24) is 0 Å². The molecule has 1 aromatic rings. The van der Waals surface area contributed by atoms with Gasteiger partial charge in [0.05, 0.1) is 21.7 Å². The highest BCUT2D eigenvalue weighted by molar-refractivity contribution is 6.46. The van der Waals surface area contributed by atoms with Crippen LogP contribution in [0.3, 0.4) is 0 Å². The minimum absolute atomic E-state index is 0.0627. The molecule has 0 bridgehead atoms. The molecule has 1 rings (SSSR count). The summed E-state index contributed by atoms with van der Waals surface area (Å²) in [5.74, 6) is -4.89. The van der Waals surface area contributed by atoms with E-state index >= 15 is 0 Å². The predicted octanol–water partition coefficient (Wildman–Crippen LogP) is 3.98. The topological polar surface area (TPSA) is 89.9 Å². The smallest absolute Gasteiger partial charge is 0.422 e. The standard InChI is InChI=1S/C14H13Cl3O6/c1-2-3-4-5-22-13(20)9-10(17)7(15)6-8(16)11(9)23-14(21)12(18)19/h6H,2-5H2,1H3,(H,18,19). The summed E-state index contributed by atoms with van der Waals surface area (Å²) in [4.78, 5) is 34.0. The molecule has 0 radical (unpaired) electrons. The zero-order chi connectivity index (χ0) is 17.6. The van der Waals surface area contributed by atoms with Gasteiger partial charge in [-0.1, -0.05) is 54.6 Å². The number of carbonyl (C=O) groups is 3. The summed E-state index contributed by atoms with van der Waals surface area (Å²) in [5, 5.41) is 8.05. The maximum atomic E-state index is 12.1. The Hall–Kier alpha value is -1.50. The van der Waals surface area contributed by atoms with Gasteiger partial charge in [0, 0.05) is 0 Å². The van der Waals surface area contributed by atoms with Crippen molar-refractivity contribution in [3.63, 3.8) is 0 Å². The fraction of sp³-hybridized carbons (Fsp3) is 0.357. The van der Waals surface area contributed by atoms with Gasteiger partial charge in [-0.3, -0.25) is 0 Å². The van der Waals surface area contributed by atoms with E-state index in [1.54, 1.807) is 0 Å². The second-order valence-electron chi connectivity index (χ2n) is 4.40. The van der Waals surface area contributed by atoms with Crippen molar-refractivity contribution in [1.29, 1.82) is 0 Å². The third-order valence-corrected chi connectivity index (χ3v) is 3.75. The van der Waals surface area contributed by atoms with Gasteiger partial charge in [-0.2, -0.15) is 0 Å². The summed E-state index contributed by atoms with van der Waals surface area (Å²) in [6.45, 7) is 2.11. The van der Waals surface area contributed by atoms with Crippen molar-refractivity contribution in [3.05, 3.63) is 26.7 Å². The number of ether oxygens (including phenoxy) is 2. The zero-order valence-electron chi connectivity index (χ0n) is 12.0. The van der Waals surface area contributed by atoms with E-state index in [2.05, 4.69) is 4.74 Å². The summed E-state index contributed by atoms with van der Waals surface area (Å²) < 4.78 is 9.63. The van der Waals surface area contributed by atoms with Crippen molar-refractivity contribution in [2.45, 2.75) is 26.2 Å². The normalized spacial score (nSPS) is 10.3. The molecule has 0 saturated heterocycles. The number of carboxylic acids is 1. The molecular formula is C14H13Cl3O6. The third-order valence-electron chi connectivity index (χ3n) is 2.68. The quantitative estimate of drug-likeness (QED) is 0.263. The second kappa shape index (κ2) is 8.96. The fourth-order valence-corrected chi connectivity index (χ4v) is 2.31. The van der Waals surface area contributed by atoms with E-state index in [-0.39, 0.29) is 21.7 Å². The first-order valence-corrected chi connectivity index (χ1v) is 7.72. The van der Waals surface area contributed by atoms with Gasteiger partial charge < -0.3 is 14.6 Å². The highest BCUT2D eigenvalue weighted by Gasteiger charge is 2.27. The molecule has 0 aromatic heterocycles. The first-order valence-electron chi connectivity index (χ1n) is 6.59. The summed E-state index contributed by atoms with van der Waals surface area (Å²) in [5.41, 5.74) is -0.393. The third kappa shape index (κ3) is 5.27. The van der Waals surface area contributed by atoms with Crippen LogP contribution in [0.1, 0.15) is 36.5 Å². The van der Waals surface area contributed by atoms with Gasteiger partial charge in [-0.25, -0.2) is 14.4 Å². The number of carboxylic acid groups (broad SMARTS) is 1. The molecule has 0 aliphatic carbocycles. The average molecular weight is 384 g/mol. The number of carbonyl (C=O) groups excluding carboxylic acids is 2. The molecule has 1 N–H and O–H groups in total. The molecular weight excluding hydrogens is 371 g/mol. The van der Waals surface area contributed by atoms with E-state index in [0.29, 0.717) is 6.42 Å². The van der Waals surface area contributed by atoms with Crippen LogP contribution in [0, 0.1) is 0 Å². The van der Waals surface area contributed by atoms with Crippen molar-refractivity contribution in [2.24, 2.45) is 0 Å². The summed E-state index contributed by atoms with van der Waals surface area (Å²) in [7, 11) is 0. The minimum atomic E-state index is -1.85. The van der Waals surface area contributed by atoms with Crippen LogP contribution in [0.4, 0.5) is 0 Å². The van der Waals surface area contributed by atoms with E-state index in [1.165, 1.54) is 0 Å². The molecule has 0 spiro atoms. The van der Waals surface area contributed by atoms with Gasteiger partial charge in [0.15, 0.2) is 5.75 Å². The van der Waals surface area contributed by atoms with Crippen molar-refractivity contribution in [3.8, 4) is 5.75 Å². The number of halogens is 3. The minimum Gasteiger partial charge on any atom is -0.473 e. The molecule has 0 amide bonds. The lowest BCUT2D eigenvalue weighted by atomic mass is 10.2. The average Bonchev–Trinajstić information content (AvgIpc) is 2.48. The van der Waals surface area contributed by atoms with Gasteiger partial charge in [0.25, 0.3) is 0 Å². The predicted molar refractivity (Wildman–Crippen MR) is 84.6 cm³/mol. The Bertz CT molecular complexity index is 629. The Kier molecular flexibility index (Phi) is 7.61. The fourth-order valence-electron chi connectivity index (χ4n) is 1.59. The Morgan fingerprint density at radius 3 is 2.35 bits per heavy atom. The number of hydrogen-bond donors (Lipinski definition) is 1. The number of benzene rings is 1.